The molecule has 2 N–H and O–H groups in total. The number of nitrogens with one attached hydrogen (secondary N) is 2. The highest BCUT2D eigenvalue weighted by molar-refractivity contribution is 5.67. The van der Waals surface area contributed by atoms with E-state index >= 15 is 0 Å². The summed E-state index contributed by atoms with van der Waals surface area (Å²) in [5, 5.41) is 5.66. The first-order valence-corrected chi connectivity index (χ1v) is 4.87. The lowest BCUT2D eigenvalue weighted by atomic mass is 10.1. The highest BCUT2D eigenvalue weighted by atomic mass is 19.4. The molecule has 17 heavy (non-hydrogen) atoms. The van der Waals surface area contributed by atoms with Gasteiger partial charge in [-0.3, -0.25) is 5.10 Å². The molecule has 2 heterocycles. The van der Waals surface area contributed by atoms with Gasteiger partial charge in [-0.25, -0.2) is 0 Å². The van der Waals surface area contributed by atoms with Crippen molar-refractivity contribution in [2.45, 2.75) is 13.1 Å². The molecule has 0 amide bonds. The highest BCUT2D eigenvalue weighted by Crippen LogP contribution is 2.36. The van der Waals surface area contributed by atoms with E-state index in [4.69, 9.17) is 0 Å². The third-order valence-corrected chi connectivity index (χ3v) is 2.41. The Bertz CT molecular complexity index is 549. The molecule has 0 radical (unpaired) electrons. The predicted molar refractivity (Wildman–Crippen MR) is 58.2 cm³/mol. The molecule has 0 fully saturated rings. The molecule has 3 nitrogen and oxygen atoms in total. The van der Waals surface area contributed by atoms with E-state index in [9.17, 15) is 13.2 Å². The molecule has 6 heteroatoms. The second kappa shape index (κ2) is 3.80. The van der Waals surface area contributed by atoms with E-state index in [2.05, 4.69) is 21.8 Å². The molecule has 0 saturated carbocycles. The molecular weight excluding hydrogens is 231 g/mol. The summed E-state index contributed by atoms with van der Waals surface area (Å²) in [7, 11) is 0. The van der Waals surface area contributed by atoms with Crippen LogP contribution in [0, 0.1) is 6.92 Å². The average molecular weight is 241 g/mol. The van der Waals surface area contributed by atoms with E-state index in [0.717, 1.165) is 0 Å². The van der Waals surface area contributed by atoms with Gasteiger partial charge >= 0.3 is 6.18 Å². The van der Waals surface area contributed by atoms with E-state index in [1.54, 1.807) is 19.1 Å². The van der Waals surface area contributed by atoms with Gasteiger partial charge in [-0.2, -0.15) is 18.3 Å². The first-order chi connectivity index (χ1) is 7.93. The van der Waals surface area contributed by atoms with Crippen LogP contribution in [0.3, 0.4) is 0 Å². The number of H-pyrrole nitrogens is 2. The Hall–Kier alpha value is -1.98. The SMILES string of the molecule is C=Cc1ccc(-c2c(C(F)(F)F)n[nH]c2C)[nH]1. The molecular formula is C11H10F3N3. The van der Waals surface area contributed by atoms with Gasteiger partial charge < -0.3 is 4.98 Å². The molecule has 0 aliphatic carbocycles. The van der Waals surface area contributed by atoms with Gasteiger partial charge in [-0.15, -0.1) is 0 Å². The standard InChI is InChI=1S/C11H10F3N3/c1-3-7-4-5-8(15-7)9-6(2)16-17-10(9)11(12,13)14/h3-5,15H,1H2,2H3,(H,16,17). The van der Waals surface area contributed by atoms with Crippen LogP contribution in [-0.2, 0) is 6.18 Å². The number of hydrogen-bond acceptors (Lipinski definition) is 1. The Kier molecular flexibility index (Phi) is 2.57. The Morgan fingerprint density at radius 2 is 2.06 bits per heavy atom. The highest BCUT2D eigenvalue weighted by Gasteiger charge is 2.38. The first kappa shape index (κ1) is 11.5. The van der Waals surface area contributed by atoms with Gasteiger partial charge in [0.25, 0.3) is 0 Å². The number of hydrogen-bond donors (Lipinski definition) is 2. The number of nitrogens with zero attached hydrogens (tertiary/aromatic N) is 1. The van der Waals surface area contributed by atoms with E-state index in [1.807, 2.05) is 0 Å². The molecule has 0 aromatic carbocycles. The number of halogens is 3. The first-order valence-electron chi connectivity index (χ1n) is 4.87. The molecule has 0 bridgehead atoms. The van der Waals surface area contributed by atoms with Crippen molar-refractivity contribution < 1.29 is 13.2 Å². The largest absolute Gasteiger partial charge is 0.435 e. The van der Waals surface area contributed by atoms with Crippen LogP contribution in [0.15, 0.2) is 18.7 Å². The Morgan fingerprint density at radius 3 is 2.59 bits per heavy atom. The van der Waals surface area contributed by atoms with Gasteiger partial charge in [0.05, 0.1) is 5.56 Å². The van der Waals surface area contributed by atoms with Gasteiger partial charge in [-0.05, 0) is 25.1 Å². The summed E-state index contributed by atoms with van der Waals surface area (Å²) in [6, 6.07) is 3.24. The number of rotatable bonds is 2. The molecule has 90 valence electrons. The van der Waals surface area contributed by atoms with Crippen LogP contribution >= 0.6 is 0 Å². The summed E-state index contributed by atoms with van der Waals surface area (Å²) >= 11 is 0. The average Bonchev–Trinajstić information content (AvgIpc) is 2.81. The molecule has 2 aromatic heterocycles. The van der Waals surface area contributed by atoms with Crippen LogP contribution < -0.4 is 0 Å². The van der Waals surface area contributed by atoms with Crippen LogP contribution in [-0.4, -0.2) is 15.2 Å². The lowest BCUT2D eigenvalue weighted by molar-refractivity contribution is -0.140. The van der Waals surface area contributed by atoms with Crippen molar-refractivity contribution in [1.82, 2.24) is 15.2 Å². The lowest BCUT2D eigenvalue weighted by Crippen LogP contribution is -2.07. The summed E-state index contributed by atoms with van der Waals surface area (Å²) in [6.45, 7) is 5.09. The van der Waals surface area contributed by atoms with Crippen molar-refractivity contribution in [1.29, 1.82) is 0 Å². The zero-order chi connectivity index (χ0) is 12.6. The Morgan fingerprint density at radius 1 is 1.35 bits per heavy atom. The molecule has 0 unspecified atom stereocenters. The van der Waals surface area contributed by atoms with Crippen molar-refractivity contribution in [3.63, 3.8) is 0 Å². The van der Waals surface area contributed by atoms with E-state index < -0.39 is 11.9 Å². The number of alkyl halides is 3. The monoisotopic (exact) mass is 241 g/mol. The van der Waals surface area contributed by atoms with E-state index in [1.165, 1.54) is 6.08 Å². The van der Waals surface area contributed by atoms with Gasteiger partial charge in [0.1, 0.15) is 0 Å². The van der Waals surface area contributed by atoms with Crippen LogP contribution in [0.1, 0.15) is 17.1 Å². The second-order valence-corrected chi connectivity index (χ2v) is 3.60. The van der Waals surface area contributed by atoms with Crippen molar-refractivity contribution in [3.8, 4) is 11.3 Å². The van der Waals surface area contributed by atoms with Crippen molar-refractivity contribution in [2.24, 2.45) is 0 Å². The topological polar surface area (TPSA) is 44.5 Å². The number of aromatic amines is 2. The van der Waals surface area contributed by atoms with Gasteiger partial charge in [0, 0.05) is 17.1 Å². The fourth-order valence-electron chi connectivity index (χ4n) is 1.64. The van der Waals surface area contributed by atoms with Crippen molar-refractivity contribution in [2.75, 3.05) is 0 Å². The maximum Gasteiger partial charge on any atom is 0.435 e. The smallest absolute Gasteiger partial charge is 0.355 e. The van der Waals surface area contributed by atoms with Crippen LogP contribution in [0.4, 0.5) is 13.2 Å². The lowest BCUT2D eigenvalue weighted by Gasteiger charge is -2.05. The quantitative estimate of drug-likeness (QED) is 0.831. The molecule has 2 rings (SSSR count). The van der Waals surface area contributed by atoms with Crippen LogP contribution in [0.25, 0.3) is 17.3 Å². The van der Waals surface area contributed by atoms with Gasteiger partial charge in [0.2, 0.25) is 0 Å². The summed E-state index contributed by atoms with van der Waals surface area (Å²) in [6.07, 6.45) is -2.94. The maximum absolute atomic E-state index is 12.7. The third-order valence-electron chi connectivity index (χ3n) is 2.41. The summed E-state index contributed by atoms with van der Waals surface area (Å²) in [5.41, 5.74) is 0.542. The zero-order valence-electron chi connectivity index (χ0n) is 9.02. The summed E-state index contributed by atoms with van der Waals surface area (Å²) < 4.78 is 38.2. The molecule has 0 spiro atoms. The molecule has 0 aliphatic rings. The van der Waals surface area contributed by atoms with Gasteiger partial charge in [-0.1, -0.05) is 6.58 Å². The fourth-order valence-corrected chi connectivity index (χ4v) is 1.64. The molecule has 0 aliphatic heterocycles. The van der Waals surface area contributed by atoms with Crippen LogP contribution in [0.5, 0.6) is 0 Å². The summed E-state index contributed by atoms with van der Waals surface area (Å²) in [4.78, 5) is 2.84. The normalized spacial score (nSPS) is 11.8. The summed E-state index contributed by atoms with van der Waals surface area (Å²) in [5.74, 6) is 0. The minimum atomic E-state index is -4.47. The predicted octanol–water partition coefficient (Wildman–Crippen LogP) is 3.38. The second-order valence-electron chi connectivity index (χ2n) is 3.60. The maximum atomic E-state index is 12.7. The van der Waals surface area contributed by atoms with Gasteiger partial charge in [0.15, 0.2) is 5.69 Å². The Balaban J connectivity index is 2.58. The van der Waals surface area contributed by atoms with Crippen molar-refractivity contribution >= 4 is 6.08 Å². The van der Waals surface area contributed by atoms with Crippen LogP contribution in [0.2, 0.25) is 0 Å². The fraction of sp³-hybridized carbons (Fsp3) is 0.182. The minimum absolute atomic E-state index is 0.0469. The molecule has 0 atom stereocenters. The molecule has 0 saturated heterocycles. The third kappa shape index (κ3) is 1.98. The van der Waals surface area contributed by atoms with Crippen molar-refractivity contribution in [3.05, 3.63) is 35.8 Å². The number of aromatic nitrogens is 3. The number of aryl methyl sites for hydroxylation is 1. The Labute approximate surface area is 95.4 Å². The zero-order valence-corrected chi connectivity index (χ0v) is 9.02. The minimum Gasteiger partial charge on any atom is -0.355 e. The van der Waals surface area contributed by atoms with E-state index in [0.29, 0.717) is 17.1 Å². The molecule has 2 aromatic rings. The van der Waals surface area contributed by atoms with E-state index in [-0.39, 0.29) is 5.56 Å².